The minimum absolute atomic E-state index is 0.0419. The molecule has 0 N–H and O–H groups in total. The fraction of sp³-hybridized carbons (Fsp3) is 0.250. The first-order valence-electron chi connectivity index (χ1n) is 6.64. The van der Waals surface area contributed by atoms with Gasteiger partial charge in [0, 0.05) is 10.5 Å². The largest absolute Gasteiger partial charge is 0.457 e. The minimum atomic E-state index is -0.244. The van der Waals surface area contributed by atoms with E-state index in [1.165, 1.54) is 0 Å². The Morgan fingerprint density at radius 3 is 2.25 bits per heavy atom. The van der Waals surface area contributed by atoms with Crippen molar-refractivity contribution in [3.05, 3.63) is 69.8 Å². The number of nitrogens with zero attached hydrogens (tertiary/aromatic N) is 1. The summed E-state index contributed by atoms with van der Waals surface area (Å²) in [5.41, 5.74) is 1.93. The number of para-hydroxylation sites is 2. The summed E-state index contributed by atoms with van der Waals surface area (Å²) >= 11 is 0. The minimum Gasteiger partial charge on any atom is -0.457 e. The maximum Gasteiger partial charge on any atom is 0.211 e. The van der Waals surface area contributed by atoms with Crippen molar-refractivity contribution >= 4 is 0 Å². The van der Waals surface area contributed by atoms with Gasteiger partial charge in [0.25, 0.3) is 0 Å². The standard InChI is InChI=1S/C16H15NO3/c1-11-12-6-2-4-8-15(12)20-16-9-5-3-7-13(16)14(11)10-17(18)19/h2-9,11,14H,10H2,1H3/t11-,14+/m1/s1. The molecule has 0 saturated heterocycles. The van der Waals surface area contributed by atoms with Crippen LogP contribution in [0.25, 0.3) is 0 Å². The Hall–Kier alpha value is -2.36. The van der Waals surface area contributed by atoms with E-state index in [4.69, 9.17) is 4.74 Å². The molecule has 0 amide bonds. The van der Waals surface area contributed by atoms with Gasteiger partial charge in [-0.2, -0.15) is 0 Å². The fourth-order valence-corrected chi connectivity index (χ4v) is 2.85. The van der Waals surface area contributed by atoms with Gasteiger partial charge in [0.05, 0.1) is 5.92 Å². The monoisotopic (exact) mass is 269 g/mol. The zero-order chi connectivity index (χ0) is 14.1. The summed E-state index contributed by atoms with van der Waals surface area (Å²) < 4.78 is 5.96. The van der Waals surface area contributed by atoms with Crippen LogP contribution >= 0.6 is 0 Å². The molecule has 0 aliphatic carbocycles. The van der Waals surface area contributed by atoms with Crippen molar-refractivity contribution in [1.29, 1.82) is 0 Å². The van der Waals surface area contributed by atoms with Crippen LogP contribution in [0.15, 0.2) is 48.5 Å². The maximum atomic E-state index is 11.0. The van der Waals surface area contributed by atoms with Gasteiger partial charge in [-0.25, -0.2) is 0 Å². The summed E-state index contributed by atoms with van der Waals surface area (Å²) in [7, 11) is 0. The van der Waals surface area contributed by atoms with E-state index in [0.29, 0.717) is 0 Å². The lowest BCUT2D eigenvalue weighted by Crippen LogP contribution is -2.17. The van der Waals surface area contributed by atoms with Gasteiger partial charge in [-0.1, -0.05) is 43.3 Å². The molecule has 0 radical (unpaired) electrons. The summed E-state index contributed by atoms with van der Waals surface area (Å²) in [4.78, 5) is 10.8. The van der Waals surface area contributed by atoms with Crippen LogP contribution in [0.2, 0.25) is 0 Å². The molecule has 0 fully saturated rings. The van der Waals surface area contributed by atoms with Crippen LogP contribution in [0, 0.1) is 10.1 Å². The first-order valence-corrected chi connectivity index (χ1v) is 6.64. The molecule has 20 heavy (non-hydrogen) atoms. The van der Waals surface area contributed by atoms with Gasteiger partial charge >= 0.3 is 0 Å². The number of hydrogen-bond acceptors (Lipinski definition) is 3. The molecule has 2 aromatic carbocycles. The molecule has 0 saturated carbocycles. The molecule has 0 aromatic heterocycles. The summed E-state index contributed by atoms with van der Waals surface area (Å²) in [6.45, 7) is 1.94. The molecule has 0 bridgehead atoms. The molecule has 0 spiro atoms. The molecule has 0 unspecified atom stereocenters. The normalized spacial score (nSPS) is 20.2. The smallest absolute Gasteiger partial charge is 0.211 e. The zero-order valence-electron chi connectivity index (χ0n) is 11.2. The second-order valence-electron chi connectivity index (χ2n) is 5.09. The summed E-state index contributed by atoms with van der Waals surface area (Å²) in [6.07, 6.45) is 0. The van der Waals surface area contributed by atoms with Crippen molar-refractivity contribution in [3.8, 4) is 11.5 Å². The molecule has 2 aromatic rings. The third-order valence-electron chi connectivity index (χ3n) is 3.90. The molecule has 4 nitrogen and oxygen atoms in total. The highest BCUT2D eigenvalue weighted by Crippen LogP contribution is 2.45. The Bertz CT molecular complexity index is 654. The van der Waals surface area contributed by atoms with Gasteiger partial charge in [-0.05, 0) is 23.6 Å². The second kappa shape index (κ2) is 4.96. The van der Waals surface area contributed by atoms with E-state index < -0.39 is 0 Å². The Labute approximate surface area is 117 Å². The Morgan fingerprint density at radius 1 is 1.05 bits per heavy atom. The molecule has 1 aliphatic rings. The Balaban J connectivity index is 2.16. The van der Waals surface area contributed by atoms with E-state index in [1.54, 1.807) is 0 Å². The van der Waals surface area contributed by atoms with E-state index >= 15 is 0 Å². The second-order valence-corrected chi connectivity index (χ2v) is 5.09. The third-order valence-corrected chi connectivity index (χ3v) is 3.90. The van der Waals surface area contributed by atoms with Crippen molar-refractivity contribution in [2.75, 3.05) is 6.54 Å². The van der Waals surface area contributed by atoms with Crippen LogP contribution in [0.3, 0.4) is 0 Å². The highest BCUT2D eigenvalue weighted by Gasteiger charge is 2.32. The number of hydrogen-bond donors (Lipinski definition) is 0. The number of fused-ring (bicyclic) bond motifs is 2. The van der Waals surface area contributed by atoms with Crippen LogP contribution in [0.4, 0.5) is 0 Å². The number of benzene rings is 2. The lowest BCUT2D eigenvalue weighted by Gasteiger charge is -2.19. The van der Waals surface area contributed by atoms with Gasteiger partial charge in [0.2, 0.25) is 6.54 Å². The highest BCUT2D eigenvalue weighted by atomic mass is 16.6. The van der Waals surface area contributed by atoms with Gasteiger partial charge < -0.3 is 4.74 Å². The average molecular weight is 269 g/mol. The molecule has 3 rings (SSSR count). The maximum absolute atomic E-state index is 11.0. The van der Waals surface area contributed by atoms with Crippen LogP contribution in [0.1, 0.15) is 29.9 Å². The van der Waals surface area contributed by atoms with E-state index in [-0.39, 0.29) is 23.3 Å². The SMILES string of the molecule is C[C@@H]1c2ccccc2Oc2ccccc2[C@H]1C[N+](=O)[O-]. The van der Waals surface area contributed by atoms with Crippen molar-refractivity contribution in [1.82, 2.24) is 0 Å². The van der Waals surface area contributed by atoms with E-state index in [1.807, 2.05) is 55.5 Å². The highest BCUT2D eigenvalue weighted by molar-refractivity contribution is 5.49. The van der Waals surface area contributed by atoms with Gasteiger partial charge in [0.1, 0.15) is 11.5 Å². The Morgan fingerprint density at radius 2 is 1.60 bits per heavy atom. The van der Waals surface area contributed by atoms with Gasteiger partial charge in [-0.3, -0.25) is 10.1 Å². The molecule has 1 heterocycles. The van der Waals surface area contributed by atoms with E-state index in [0.717, 1.165) is 22.6 Å². The predicted molar refractivity (Wildman–Crippen MR) is 76.0 cm³/mol. The topological polar surface area (TPSA) is 52.4 Å². The van der Waals surface area contributed by atoms with Crippen LogP contribution in [0.5, 0.6) is 11.5 Å². The first-order chi connectivity index (χ1) is 9.66. The molecule has 102 valence electrons. The van der Waals surface area contributed by atoms with Crippen LogP contribution in [-0.2, 0) is 0 Å². The molecule has 2 atom stereocenters. The summed E-state index contributed by atoms with van der Waals surface area (Å²) in [5, 5.41) is 11.0. The van der Waals surface area contributed by atoms with Crippen molar-refractivity contribution in [2.24, 2.45) is 0 Å². The number of rotatable bonds is 2. The van der Waals surface area contributed by atoms with Crippen LogP contribution in [-0.4, -0.2) is 11.5 Å². The van der Waals surface area contributed by atoms with E-state index in [2.05, 4.69) is 0 Å². The van der Waals surface area contributed by atoms with Gasteiger partial charge in [-0.15, -0.1) is 0 Å². The average Bonchev–Trinajstić information content (AvgIpc) is 2.55. The van der Waals surface area contributed by atoms with Gasteiger partial charge in [0.15, 0.2) is 0 Å². The van der Waals surface area contributed by atoms with Crippen molar-refractivity contribution in [3.63, 3.8) is 0 Å². The lowest BCUT2D eigenvalue weighted by molar-refractivity contribution is -0.484. The summed E-state index contributed by atoms with van der Waals surface area (Å²) in [6, 6.07) is 15.3. The third kappa shape index (κ3) is 2.13. The molecular weight excluding hydrogens is 254 g/mol. The zero-order valence-corrected chi connectivity index (χ0v) is 11.2. The molecule has 4 heteroatoms. The molecule has 1 aliphatic heterocycles. The fourth-order valence-electron chi connectivity index (χ4n) is 2.85. The first kappa shape index (κ1) is 12.7. The Kier molecular flexibility index (Phi) is 3.14. The number of nitro groups is 1. The predicted octanol–water partition coefficient (Wildman–Crippen LogP) is 3.96. The lowest BCUT2D eigenvalue weighted by atomic mass is 9.83. The molecular formula is C16H15NO3. The van der Waals surface area contributed by atoms with Crippen LogP contribution < -0.4 is 4.74 Å². The quantitative estimate of drug-likeness (QED) is 0.612. The van der Waals surface area contributed by atoms with E-state index in [9.17, 15) is 10.1 Å². The number of ether oxygens (including phenoxy) is 1. The van der Waals surface area contributed by atoms with Crippen molar-refractivity contribution in [2.45, 2.75) is 18.8 Å². The van der Waals surface area contributed by atoms with Crippen molar-refractivity contribution < 1.29 is 9.66 Å². The summed E-state index contributed by atoms with van der Waals surface area (Å²) in [5.74, 6) is 1.37.